The SMILES string of the molecule is COc1cc(OC)c(S(=O)(=O)N(CCO)C(C)C)cc1N. The third kappa shape index (κ3) is 3.58. The van der Waals surface area contributed by atoms with Gasteiger partial charge in [0.25, 0.3) is 0 Å². The lowest BCUT2D eigenvalue weighted by atomic mass is 10.3. The first-order chi connectivity index (χ1) is 9.79. The third-order valence-electron chi connectivity index (χ3n) is 3.00. The van der Waals surface area contributed by atoms with Gasteiger partial charge in [0, 0.05) is 18.7 Å². The average Bonchev–Trinajstić information content (AvgIpc) is 2.43. The van der Waals surface area contributed by atoms with Crippen molar-refractivity contribution in [1.82, 2.24) is 4.31 Å². The number of nitrogen functional groups attached to an aromatic ring is 1. The number of ether oxygens (including phenoxy) is 2. The van der Waals surface area contributed by atoms with Gasteiger partial charge in [-0.2, -0.15) is 4.31 Å². The number of aliphatic hydroxyl groups is 1. The average molecular weight is 318 g/mol. The molecule has 0 aliphatic carbocycles. The first-order valence-corrected chi connectivity index (χ1v) is 7.87. The van der Waals surface area contributed by atoms with E-state index in [1.807, 2.05) is 0 Å². The number of aliphatic hydroxyl groups excluding tert-OH is 1. The molecule has 21 heavy (non-hydrogen) atoms. The quantitative estimate of drug-likeness (QED) is 0.717. The number of anilines is 1. The van der Waals surface area contributed by atoms with Crippen LogP contribution in [0.2, 0.25) is 0 Å². The number of nitrogens with two attached hydrogens (primary N) is 1. The van der Waals surface area contributed by atoms with Crippen LogP contribution in [0.5, 0.6) is 11.5 Å². The summed E-state index contributed by atoms with van der Waals surface area (Å²) >= 11 is 0. The third-order valence-corrected chi connectivity index (χ3v) is 5.10. The molecule has 0 aliphatic rings. The predicted molar refractivity (Wildman–Crippen MR) is 80.1 cm³/mol. The highest BCUT2D eigenvalue weighted by molar-refractivity contribution is 7.89. The van der Waals surface area contributed by atoms with Crippen LogP contribution in [0.25, 0.3) is 0 Å². The second-order valence-corrected chi connectivity index (χ2v) is 6.54. The molecule has 0 amide bonds. The Morgan fingerprint density at radius 1 is 1.24 bits per heavy atom. The fraction of sp³-hybridized carbons (Fsp3) is 0.538. The Bertz CT molecular complexity index is 586. The molecule has 0 heterocycles. The Labute approximate surface area is 125 Å². The number of rotatable bonds is 7. The van der Waals surface area contributed by atoms with Crippen molar-refractivity contribution in [1.29, 1.82) is 0 Å². The Hall–Kier alpha value is -1.51. The summed E-state index contributed by atoms with van der Waals surface area (Å²) in [5.74, 6) is 0.480. The largest absolute Gasteiger partial charge is 0.495 e. The van der Waals surface area contributed by atoms with Crippen LogP contribution in [0.4, 0.5) is 5.69 Å². The first-order valence-electron chi connectivity index (χ1n) is 6.43. The minimum Gasteiger partial charge on any atom is -0.495 e. The van der Waals surface area contributed by atoms with Crippen molar-refractivity contribution in [3.05, 3.63) is 12.1 Å². The van der Waals surface area contributed by atoms with E-state index < -0.39 is 10.0 Å². The van der Waals surface area contributed by atoms with E-state index >= 15 is 0 Å². The monoisotopic (exact) mass is 318 g/mol. The van der Waals surface area contributed by atoms with E-state index in [9.17, 15) is 8.42 Å². The van der Waals surface area contributed by atoms with Gasteiger partial charge in [0.15, 0.2) is 0 Å². The van der Waals surface area contributed by atoms with E-state index in [4.69, 9.17) is 20.3 Å². The molecular formula is C13H22N2O5S. The molecule has 0 aliphatic heterocycles. The van der Waals surface area contributed by atoms with Gasteiger partial charge in [-0.3, -0.25) is 0 Å². The number of sulfonamides is 1. The Kier molecular flexibility index (Phi) is 5.82. The molecule has 3 N–H and O–H groups in total. The van der Waals surface area contributed by atoms with Crippen molar-refractivity contribution < 1.29 is 23.0 Å². The molecule has 1 rings (SSSR count). The number of hydrogen-bond donors (Lipinski definition) is 2. The molecule has 0 spiro atoms. The number of nitrogens with zero attached hydrogens (tertiary/aromatic N) is 1. The molecule has 0 aromatic heterocycles. The second kappa shape index (κ2) is 6.97. The van der Waals surface area contributed by atoms with Gasteiger partial charge in [-0.15, -0.1) is 0 Å². The van der Waals surface area contributed by atoms with Crippen molar-refractivity contribution >= 4 is 15.7 Å². The van der Waals surface area contributed by atoms with Crippen LogP contribution in [0, 0.1) is 0 Å². The summed E-state index contributed by atoms with van der Waals surface area (Å²) < 4.78 is 36.8. The van der Waals surface area contributed by atoms with E-state index in [0.717, 1.165) is 0 Å². The summed E-state index contributed by atoms with van der Waals surface area (Å²) in [6, 6.07) is 2.43. The van der Waals surface area contributed by atoms with Crippen molar-refractivity contribution in [2.45, 2.75) is 24.8 Å². The molecule has 1 aromatic rings. The molecule has 120 valence electrons. The molecule has 8 heteroatoms. The van der Waals surface area contributed by atoms with Gasteiger partial charge < -0.3 is 20.3 Å². The Balaban J connectivity index is 3.46. The molecular weight excluding hydrogens is 296 g/mol. The lowest BCUT2D eigenvalue weighted by Gasteiger charge is -2.26. The lowest BCUT2D eigenvalue weighted by Crippen LogP contribution is -2.39. The highest BCUT2D eigenvalue weighted by Crippen LogP contribution is 2.35. The van der Waals surface area contributed by atoms with Crippen LogP contribution in [-0.2, 0) is 10.0 Å². The van der Waals surface area contributed by atoms with Crippen LogP contribution in [0.3, 0.4) is 0 Å². The van der Waals surface area contributed by atoms with Crippen LogP contribution in [0.1, 0.15) is 13.8 Å². The smallest absolute Gasteiger partial charge is 0.247 e. The van der Waals surface area contributed by atoms with Gasteiger partial charge >= 0.3 is 0 Å². The Morgan fingerprint density at radius 3 is 2.24 bits per heavy atom. The summed E-state index contributed by atoms with van der Waals surface area (Å²) in [5.41, 5.74) is 5.99. The summed E-state index contributed by atoms with van der Waals surface area (Å²) in [5, 5.41) is 9.08. The van der Waals surface area contributed by atoms with E-state index in [-0.39, 0.29) is 35.5 Å². The maximum Gasteiger partial charge on any atom is 0.247 e. The van der Waals surface area contributed by atoms with Gasteiger partial charge in [0.2, 0.25) is 10.0 Å². The minimum atomic E-state index is -3.84. The van der Waals surface area contributed by atoms with Gasteiger partial charge in [-0.25, -0.2) is 8.42 Å². The zero-order chi connectivity index (χ0) is 16.2. The number of hydrogen-bond acceptors (Lipinski definition) is 6. The summed E-state index contributed by atoms with van der Waals surface area (Å²) in [6.45, 7) is 3.18. The fourth-order valence-corrected chi connectivity index (χ4v) is 3.78. The molecule has 0 bridgehead atoms. The molecule has 0 saturated carbocycles. The van der Waals surface area contributed by atoms with Gasteiger partial charge in [-0.1, -0.05) is 0 Å². The molecule has 0 saturated heterocycles. The topological polar surface area (TPSA) is 102 Å². The molecule has 0 atom stereocenters. The minimum absolute atomic E-state index is 0.00487. The zero-order valence-corrected chi connectivity index (χ0v) is 13.5. The highest BCUT2D eigenvalue weighted by Gasteiger charge is 2.30. The summed E-state index contributed by atoms with van der Waals surface area (Å²) in [6.07, 6.45) is 0. The van der Waals surface area contributed by atoms with Crippen molar-refractivity contribution in [2.75, 3.05) is 33.1 Å². The fourth-order valence-electron chi connectivity index (χ4n) is 1.98. The van der Waals surface area contributed by atoms with E-state index in [1.54, 1.807) is 13.8 Å². The van der Waals surface area contributed by atoms with Gasteiger partial charge in [0.1, 0.15) is 16.4 Å². The van der Waals surface area contributed by atoms with E-state index in [0.29, 0.717) is 5.75 Å². The van der Waals surface area contributed by atoms with Crippen LogP contribution in [0.15, 0.2) is 17.0 Å². The van der Waals surface area contributed by atoms with Crippen LogP contribution in [-0.4, -0.2) is 51.2 Å². The normalized spacial score (nSPS) is 12.0. The maximum absolute atomic E-state index is 12.7. The lowest BCUT2D eigenvalue weighted by molar-refractivity contribution is 0.236. The van der Waals surface area contributed by atoms with Crippen LogP contribution < -0.4 is 15.2 Å². The number of benzene rings is 1. The highest BCUT2D eigenvalue weighted by atomic mass is 32.2. The van der Waals surface area contributed by atoms with Crippen molar-refractivity contribution in [3.63, 3.8) is 0 Å². The van der Waals surface area contributed by atoms with Crippen molar-refractivity contribution in [2.24, 2.45) is 0 Å². The van der Waals surface area contributed by atoms with Gasteiger partial charge in [0.05, 0.1) is 26.5 Å². The molecule has 0 fully saturated rings. The predicted octanol–water partition coefficient (Wildman–Crippen LogP) is 0.677. The molecule has 0 radical (unpaired) electrons. The van der Waals surface area contributed by atoms with Crippen molar-refractivity contribution in [3.8, 4) is 11.5 Å². The van der Waals surface area contributed by atoms with E-state index in [2.05, 4.69) is 0 Å². The van der Waals surface area contributed by atoms with Gasteiger partial charge in [-0.05, 0) is 19.9 Å². The molecule has 7 nitrogen and oxygen atoms in total. The van der Waals surface area contributed by atoms with E-state index in [1.165, 1.54) is 30.7 Å². The standard InChI is InChI=1S/C13H22N2O5S/c1-9(2)15(5-6-16)21(17,18)13-7-10(14)11(19-3)8-12(13)20-4/h7-9,16H,5-6,14H2,1-4H3. The first kappa shape index (κ1) is 17.5. The Morgan fingerprint density at radius 2 is 1.81 bits per heavy atom. The molecule has 1 aromatic carbocycles. The maximum atomic E-state index is 12.7. The summed E-state index contributed by atoms with van der Waals surface area (Å²) in [4.78, 5) is -0.0505. The molecule has 0 unspecified atom stereocenters. The second-order valence-electron chi connectivity index (χ2n) is 4.68. The summed E-state index contributed by atoms with van der Waals surface area (Å²) in [7, 11) is -1.03. The zero-order valence-electron chi connectivity index (χ0n) is 12.7. The van der Waals surface area contributed by atoms with Crippen LogP contribution >= 0.6 is 0 Å². The number of methoxy groups -OCH3 is 2.